The minimum absolute atomic E-state index is 0.0806. The lowest BCUT2D eigenvalue weighted by atomic mass is 10.2. The number of carbonyl (C=O) groups is 2. The molecule has 0 fully saturated rings. The largest absolute Gasteiger partial charge is 0.481 e. The molecule has 2 heterocycles. The van der Waals surface area contributed by atoms with Gasteiger partial charge < -0.3 is 10.0 Å². The van der Waals surface area contributed by atoms with Gasteiger partial charge in [0.1, 0.15) is 12.1 Å². The summed E-state index contributed by atoms with van der Waals surface area (Å²) in [6, 6.07) is 3.36. The molecule has 0 aliphatic carbocycles. The Balaban J connectivity index is 2.06. The number of amides is 1. The number of imidazole rings is 1. The molecule has 0 spiro atoms. The topological polar surface area (TPSA) is 88.3 Å². The van der Waals surface area contributed by atoms with Crippen LogP contribution in [-0.4, -0.2) is 50.0 Å². The quantitative estimate of drug-likeness (QED) is 0.871. The maximum absolute atomic E-state index is 12.0. The smallest absolute Gasteiger partial charge is 0.305 e. The maximum Gasteiger partial charge on any atom is 0.305 e. The molecule has 0 saturated heterocycles. The molecule has 7 heteroatoms. The molecular formula is C13H14N4O3. The van der Waals surface area contributed by atoms with Gasteiger partial charge in [-0.2, -0.15) is 0 Å². The van der Waals surface area contributed by atoms with Crippen LogP contribution in [0.25, 0.3) is 5.82 Å². The molecule has 0 aromatic carbocycles. The summed E-state index contributed by atoms with van der Waals surface area (Å²) in [6.07, 6.45) is 6.39. The summed E-state index contributed by atoms with van der Waals surface area (Å²) in [5.41, 5.74) is 0.418. The first-order chi connectivity index (χ1) is 9.58. The number of carboxylic acid groups (broad SMARTS) is 1. The lowest BCUT2D eigenvalue weighted by Gasteiger charge is -2.15. The second kappa shape index (κ2) is 5.96. The van der Waals surface area contributed by atoms with Crippen molar-refractivity contribution in [2.45, 2.75) is 6.42 Å². The molecule has 104 valence electrons. The van der Waals surface area contributed by atoms with E-state index < -0.39 is 5.97 Å². The average molecular weight is 274 g/mol. The second-order valence-electron chi connectivity index (χ2n) is 4.25. The predicted octanol–water partition coefficient (Wildman–Crippen LogP) is 0.814. The first-order valence-corrected chi connectivity index (χ1v) is 5.99. The van der Waals surface area contributed by atoms with Crippen LogP contribution in [-0.2, 0) is 4.79 Å². The van der Waals surface area contributed by atoms with Gasteiger partial charge in [0.05, 0.1) is 12.0 Å². The third kappa shape index (κ3) is 3.19. The van der Waals surface area contributed by atoms with Gasteiger partial charge in [-0.3, -0.25) is 14.2 Å². The Morgan fingerprint density at radius 3 is 2.75 bits per heavy atom. The van der Waals surface area contributed by atoms with Crippen molar-refractivity contribution in [2.24, 2.45) is 0 Å². The van der Waals surface area contributed by atoms with Gasteiger partial charge in [0.2, 0.25) is 0 Å². The first kappa shape index (κ1) is 13.7. The van der Waals surface area contributed by atoms with E-state index in [1.54, 1.807) is 42.5 Å². The highest BCUT2D eigenvalue weighted by atomic mass is 16.4. The van der Waals surface area contributed by atoms with Crippen molar-refractivity contribution in [3.63, 3.8) is 0 Å². The van der Waals surface area contributed by atoms with Crippen molar-refractivity contribution in [3.05, 3.63) is 42.6 Å². The van der Waals surface area contributed by atoms with Crippen molar-refractivity contribution in [1.82, 2.24) is 19.4 Å². The van der Waals surface area contributed by atoms with Crippen molar-refractivity contribution in [2.75, 3.05) is 13.6 Å². The van der Waals surface area contributed by atoms with Crippen LogP contribution in [0.5, 0.6) is 0 Å². The summed E-state index contributed by atoms with van der Waals surface area (Å²) in [6.45, 7) is 0.164. The number of rotatable bonds is 5. The lowest BCUT2D eigenvalue weighted by molar-refractivity contribution is -0.137. The zero-order valence-corrected chi connectivity index (χ0v) is 10.9. The van der Waals surface area contributed by atoms with Crippen LogP contribution in [0, 0.1) is 0 Å². The highest BCUT2D eigenvalue weighted by Crippen LogP contribution is 2.07. The molecule has 0 radical (unpaired) electrons. The monoisotopic (exact) mass is 274 g/mol. The van der Waals surface area contributed by atoms with E-state index in [0.29, 0.717) is 11.4 Å². The van der Waals surface area contributed by atoms with Crippen LogP contribution in [0.4, 0.5) is 0 Å². The molecule has 20 heavy (non-hydrogen) atoms. The zero-order chi connectivity index (χ0) is 14.5. The normalized spacial score (nSPS) is 10.2. The standard InChI is InChI=1S/C13H14N4O3/c1-16(6-4-12(18)19)13(20)10-2-3-11(15-8-10)17-7-5-14-9-17/h2-3,5,7-9H,4,6H2,1H3,(H,18,19). The van der Waals surface area contributed by atoms with Crippen LogP contribution in [0.3, 0.4) is 0 Å². The van der Waals surface area contributed by atoms with Crippen LogP contribution < -0.4 is 0 Å². The summed E-state index contributed by atoms with van der Waals surface area (Å²) in [4.78, 5) is 32.0. The molecule has 2 aromatic rings. The number of nitrogens with zero attached hydrogens (tertiary/aromatic N) is 4. The molecule has 2 rings (SSSR count). The van der Waals surface area contributed by atoms with E-state index in [-0.39, 0.29) is 18.9 Å². The predicted molar refractivity (Wildman–Crippen MR) is 70.6 cm³/mol. The highest BCUT2D eigenvalue weighted by molar-refractivity contribution is 5.94. The van der Waals surface area contributed by atoms with E-state index in [9.17, 15) is 9.59 Å². The van der Waals surface area contributed by atoms with Crippen LogP contribution in [0.2, 0.25) is 0 Å². The Kier molecular flexibility index (Phi) is 4.09. The summed E-state index contributed by atoms with van der Waals surface area (Å²) in [7, 11) is 1.56. The Morgan fingerprint density at radius 2 is 2.20 bits per heavy atom. The molecule has 0 unspecified atom stereocenters. The summed E-state index contributed by atoms with van der Waals surface area (Å²) < 4.78 is 1.72. The van der Waals surface area contributed by atoms with E-state index >= 15 is 0 Å². The Bertz CT molecular complexity index is 593. The summed E-state index contributed by atoms with van der Waals surface area (Å²) >= 11 is 0. The van der Waals surface area contributed by atoms with Crippen LogP contribution in [0.1, 0.15) is 16.8 Å². The van der Waals surface area contributed by atoms with E-state index in [2.05, 4.69) is 9.97 Å². The van der Waals surface area contributed by atoms with E-state index in [1.807, 2.05) is 0 Å². The minimum Gasteiger partial charge on any atom is -0.481 e. The molecule has 0 bridgehead atoms. The number of carboxylic acids is 1. The van der Waals surface area contributed by atoms with Gasteiger partial charge in [0.25, 0.3) is 5.91 Å². The van der Waals surface area contributed by atoms with Gasteiger partial charge in [-0.05, 0) is 12.1 Å². The number of hydrogen-bond donors (Lipinski definition) is 1. The number of carbonyl (C=O) groups excluding carboxylic acids is 1. The molecule has 1 N–H and O–H groups in total. The van der Waals surface area contributed by atoms with E-state index in [4.69, 9.17) is 5.11 Å². The molecule has 0 aliphatic heterocycles. The van der Waals surface area contributed by atoms with Crippen LogP contribution >= 0.6 is 0 Å². The zero-order valence-electron chi connectivity index (χ0n) is 10.9. The fourth-order valence-corrected chi connectivity index (χ4v) is 1.65. The first-order valence-electron chi connectivity index (χ1n) is 5.99. The van der Waals surface area contributed by atoms with Crippen molar-refractivity contribution in [3.8, 4) is 5.82 Å². The fourth-order valence-electron chi connectivity index (χ4n) is 1.65. The lowest BCUT2D eigenvalue weighted by Crippen LogP contribution is -2.29. The summed E-state index contributed by atoms with van der Waals surface area (Å²) in [5, 5.41) is 8.60. The van der Waals surface area contributed by atoms with Crippen LogP contribution in [0.15, 0.2) is 37.1 Å². The third-order valence-corrected chi connectivity index (χ3v) is 2.77. The molecule has 2 aromatic heterocycles. The molecule has 0 atom stereocenters. The average Bonchev–Trinajstić information content (AvgIpc) is 2.98. The fraction of sp³-hybridized carbons (Fsp3) is 0.231. The van der Waals surface area contributed by atoms with Gasteiger partial charge in [-0.15, -0.1) is 0 Å². The van der Waals surface area contributed by atoms with Gasteiger partial charge in [0.15, 0.2) is 0 Å². The van der Waals surface area contributed by atoms with Gasteiger partial charge in [-0.1, -0.05) is 0 Å². The van der Waals surface area contributed by atoms with Gasteiger partial charge >= 0.3 is 5.97 Å². The van der Waals surface area contributed by atoms with E-state index in [0.717, 1.165) is 0 Å². The highest BCUT2D eigenvalue weighted by Gasteiger charge is 2.13. The van der Waals surface area contributed by atoms with Crippen molar-refractivity contribution < 1.29 is 14.7 Å². The minimum atomic E-state index is -0.932. The number of aliphatic carboxylic acids is 1. The molecular weight excluding hydrogens is 260 g/mol. The second-order valence-corrected chi connectivity index (χ2v) is 4.25. The Hall–Kier alpha value is -2.70. The van der Waals surface area contributed by atoms with Crippen molar-refractivity contribution >= 4 is 11.9 Å². The third-order valence-electron chi connectivity index (χ3n) is 2.77. The van der Waals surface area contributed by atoms with Crippen molar-refractivity contribution in [1.29, 1.82) is 0 Å². The van der Waals surface area contributed by atoms with E-state index in [1.165, 1.54) is 11.1 Å². The maximum atomic E-state index is 12.0. The number of pyridine rings is 1. The molecule has 1 amide bonds. The molecule has 7 nitrogen and oxygen atoms in total. The Labute approximate surface area is 115 Å². The molecule has 0 saturated carbocycles. The number of aromatic nitrogens is 3. The van der Waals surface area contributed by atoms with Gasteiger partial charge in [0, 0.05) is 32.2 Å². The van der Waals surface area contributed by atoms with Gasteiger partial charge in [-0.25, -0.2) is 9.97 Å². The number of hydrogen-bond acceptors (Lipinski definition) is 4. The SMILES string of the molecule is CN(CCC(=O)O)C(=O)c1ccc(-n2ccnc2)nc1. The Morgan fingerprint density at radius 1 is 1.40 bits per heavy atom. The summed E-state index contributed by atoms with van der Waals surface area (Å²) in [5.74, 6) is -0.526. The molecule has 0 aliphatic rings.